The van der Waals surface area contributed by atoms with E-state index in [1.54, 1.807) is 30.3 Å². The minimum Gasteiger partial charge on any atom is -0.479 e. The molecule has 0 aliphatic rings. The van der Waals surface area contributed by atoms with Crippen LogP contribution in [-0.2, 0) is 11.2 Å². The van der Waals surface area contributed by atoms with Gasteiger partial charge in [-0.25, -0.2) is 4.79 Å². The van der Waals surface area contributed by atoms with Crippen LogP contribution in [0.5, 0.6) is 11.5 Å². The van der Waals surface area contributed by atoms with Crippen molar-refractivity contribution in [2.45, 2.75) is 19.4 Å². The third-order valence-electron chi connectivity index (χ3n) is 4.46. The van der Waals surface area contributed by atoms with Crippen LogP contribution in [0.1, 0.15) is 29.7 Å². The van der Waals surface area contributed by atoms with Gasteiger partial charge in [0.2, 0.25) is 0 Å². The van der Waals surface area contributed by atoms with Crippen molar-refractivity contribution < 1.29 is 14.6 Å². The van der Waals surface area contributed by atoms with Gasteiger partial charge in [0, 0.05) is 11.3 Å². The molecule has 6 nitrogen and oxygen atoms in total. The molecule has 3 aromatic carbocycles. The van der Waals surface area contributed by atoms with Crippen molar-refractivity contribution in [3.05, 3.63) is 89.5 Å². The first-order valence-electron chi connectivity index (χ1n) is 9.27. The Hall–Kier alpha value is -3.51. The zero-order valence-corrected chi connectivity index (χ0v) is 17.3. The molecule has 0 saturated heterocycles. The van der Waals surface area contributed by atoms with Gasteiger partial charge >= 0.3 is 5.97 Å². The monoisotopic (exact) mass is 425 g/mol. The third-order valence-corrected chi connectivity index (χ3v) is 4.46. The molecule has 5 N–H and O–H groups in total. The number of aryl methyl sites for hydroxylation is 1. The lowest BCUT2D eigenvalue weighted by Crippen LogP contribution is -2.21. The number of aliphatic carboxylic acids is 1. The number of nitrogens with two attached hydrogens (primary N) is 1. The van der Waals surface area contributed by atoms with Crippen molar-refractivity contribution in [2.24, 2.45) is 5.73 Å². The Morgan fingerprint density at radius 3 is 2.30 bits per heavy atom. The summed E-state index contributed by atoms with van der Waals surface area (Å²) in [5, 5.41) is 20.3. The zero-order valence-electron chi connectivity index (χ0n) is 16.5. The van der Waals surface area contributed by atoms with E-state index in [-0.39, 0.29) is 18.2 Å². The fourth-order valence-corrected chi connectivity index (χ4v) is 2.94. The number of para-hydroxylation sites is 1. The SMILES string of the molecule is CCc1cc(Oc2ccccc2)cc(C(Nc2ccc(C(=N)N)cc2)C(=O)O)c1.Cl. The molecule has 0 aliphatic heterocycles. The fraction of sp³-hybridized carbons (Fsp3) is 0.130. The van der Waals surface area contributed by atoms with E-state index in [1.165, 1.54) is 0 Å². The second kappa shape index (κ2) is 10.3. The average molecular weight is 426 g/mol. The summed E-state index contributed by atoms with van der Waals surface area (Å²) in [6.45, 7) is 2.01. The standard InChI is InChI=1S/C23H23N3O3.ClH/c1-2-15-12-17(14-20(13-15)29-19-6-4-3-5-7-19)21(23(27)28)26-18-10-8-16(9-11-18)22(24)25;/h3-14,21,26H,2H2,1H3,(H3,24,25)(H,27,28);1H. The van der Waals surface area contributed by atoms with Crippen LogP contribution in [0.2, 0.25) is 0 Å². The number of carboxylic acids is 1. The van der Waals surface area contributed by atoms with Gasteiger partial charge in [0.05, 0.1) is 0 Å². The van der Waals surface area contributed by atoms with Crippen molar-refractivity contribution in [1.82, 2.24) is 0 Å². The van der Waals surface area contributed by atoms with Gasteiger partial charge in [-0.05, 0) is 66.1 Å². The number of hydrogen-bond donors (Lipinski definition) is 4. The van der Waals surface area contributed by atoms with Gasteiger partial charge in [0.1, 0.15) is 17.3 Å². The highest BCUT2D eigenvalue weighted by atomic mass is 35.5. The summed E-state index contributed by atoms with van der Waals surface area (Å²) in [6.07, 6.45) is 0.749. The predicted molar refractivity (Wildman–Crippen MR) is 121 cm³/mol. The average Bonchev–Trinajstić information content (AvgIpc) is 2.72. The first kappa shape index (κ1) is 22.8. The van der Waals surface area contributed by atoms with Gasteiger partial charge in [-0.3, -0.25) is 5.41 Å². The van der Waals surface area contributed by atoms with Crippen LogP contribution in [-0.4, -0.2) is 16.9 Å². The van der Waals surface area contributed by atoms with E-state index >= 15 is 0 Å². The summed E-state index contributed by atoms with van der Waals surface area (Å²) in [6, 6.07) is 20.7. The Morgan fingerprint density at radius 1 is 1.07 bits per heavy atom. The summed E-state index contributed by atoms with van der Waals surface area (Å²) in [5.41, 5.74) is 8.24. The lowest BCUT2D eigenvalue weighted by Gasteiger charge is -2.19. The third kappa shape index (κ3) is 5.75. The van der Waals surface area contributed by atoms with Crippen LogP contribution < -0.4 is 15.8 Å². The van der Waals surface area contributed by atoms with E-state index in [2.05, 4.69) is 5.32 Å². The van der Waals surface area contributed by atoms with Crippen LogP contribution >= 0.6 is 12.4 Å². The number of nitrogen functional groups attached to an aromatic ring is 1. The van der Waals surface area contributed by atoms with Gasteiger partial charge in [-0.2, -0.15) is 0 Å². The van der Waals surface area contributed by atoms with Gasteiger partial charge in [-0.1, -0.05) is 31.2 Å². The Bertz CT molecular complexity index is 1010. The normalized spacial score (nSPS) is 11.1. The highest BCUT2D eigenvalue weighted by molar-refractivity contribution is 5.95. The molecule has 3 rings (SSSR count). The number of hydrogen-bond acceptors (Lipinski definition) is 4. The van der Waals surface area contributed by atoms with E-state index in [0.717, 1.165) is 12.0 Å². The molecule has 0 amide bonds. The number of anilines is 1. The molecule has 3 aromatic rings. The van der Waals surface area contributed by atoms with Crippen molar-refractivity contribution in [3.63, 3.8) is 0 Å². The van der Waals surface area contributed by atoms with Gasteiger partial charge < -0.3 is 20.9 Å². The van der Waals surface area contributed by atoms with Crippen LogP contribution in [0, 0.1) is 5.41 Å². The zero-order chi connectivity index (χ0) is 20.8. The second-order valence-electron chi connectivity index (χ2n) is 6.59. The van der Waals surface area contributed by atoms with Crippen LogP contribution in [0.3, 0.4) is 0 Å². The lowest BCUT2D eigenvalue weighted by molar-refractivity contribution is -0.138. The number of amidine groups is 1. The van der Waals surface area contributed by atoms with E-state index in [4.69, 9.17) is 15.9 Å². The van der Waals surface area contributed by atoms with Crippen molar-refractivity contribution in [3.8, 4) is 11.5 Å². The Labute approximate surface area is 181 Å². The molecule has 0 fully saturated rings. The molecule has 0 aliphatic carbocycles. The summed E-state index contributed by atoms with van der Waals surface area (Å²) in [5.74, 6) is 0.237. The van der Waals surface area contributed by atoms with Crippen LogP contribution in [0.25, 0.3) is 0 Å². The maximum atomic E-state index is 12.0. The topological polar surface area (TPSA) is 108 Å². The summed E-state index contributed by atoms with van der Waals surface area (Å²) < 4.78 is 5.93. The van der Waals surface area contributed by atoms with Crippen molar-refractivity contribution in [2.75, 3.05) is 5.32 Å². The Morgan fingerprint density at radius 2 is 1.73 bits per heavy atom. The lowest BCUT2D eigenvalue weighted by atomic mass is 10.0. The molecule has 30 heavy (non-hydrogen) atoms. The molecule has 0 saturated carbocycles. The molecular formula is C23H24ClN3O3. The van der Waals surface area contributed by atoms with Crippen LogP contribution in [0.4, 0.5) is 5.69 Å². The molecule has 0 aromatic heterocycles. The number of halogens is 1. The minimum absolute atomic E-state index is 0. The molecule has 0 bridgehead atoms. The highest BCUT2D eigenvalue weighted by Crippen LogP contribution is 2.29. The van der Waals surface area contributed by atoms with Crippen molar-refractivity contribution in [1.29, 1.82) is 5.41 Å². The van der Waals surface area contributed by atoms with Gasteiger partial charge in [0.25, 0.3) is 0 Å². The molecular weight excluding hydrogens is 402 g/mol. The first-order chi connectivity index (χ1) is 14.0. The Balaban J connectivity index is 0.00000320. The largest absolute Gasteiger partial charge is 0.479 e. The van der Waals surface area contributed by atoms with Gasteiger partial charge in [0.15, 0.2) is 6.04 Å². The number of benzene rings is 3. The number of rotatable bonds is 8. The maximum absolute atomic E-state index is 12.0. The van der Waals surface area contributed by atoms with Crippen molar-refractivity contribution >= 4 is 29.9 Å². The van der Waals surface area contributed by atoms with Crippen LogP contribution in [0.15, 0.2) is 72.8 Å². The maximum Gasteiger partial charge on any atom is 0.330 e. The van der Waals surface area contributed by atoms with E-state index in [0.29, 0.717) is 28.3 Å². The number of nitrogens with one attached hydrogen (secondary N) is 2. The van der Waals surface area contributed by atoms with Gasteiger partial charge in [-0.15, -0.1) is 12.4 Å². The molecule has 0 heterocycles. The molecule has 0 spiro atoms. The fourth-order valence-electron chi connectivity index (χ4n) is 2.94. The smallest absolute Gasteiger partial charge is 0.330 e. The first-order valence-corrected chi connectivity index (χ1v) is 9.27. The van der Waals surface area contributed by atoms with E-state index < -0.39 is 12.0 Å². The van der Waals surface area contributed by atoms with E-state index in [1.807, 2.05) is 49.4 Å². The van der Waals surface area contributed by atoms with E-state index in [9.17, 15) is 9.90 Å². The molecule has 7 heteroatoms. The molecule has 0 radical (unpaired) electrons. The quantitative estimate of drug-likeness (QED) is 0.300. The number of ether oxygens (including phenoxy) is 1. The number of carboxylic acid groups (broad SMARTS) is 1. The predicted octanol–water partition coefficient (Wildman–Crippen LogP) is 4.98. The highest BCUT2D eigenvalue weighted by Gasteiger charge is 2.21. The Kier molecular flexibility index (Phi) is 7.83. The minimum atomic E-state index is -1.00. The molecule has 1 atom stereocenters. The molecule has 1 unspecified atom stereocenters. The number of carbonyl (C=O) groups is 1. The second-order valence-corrected chi connectivity index (χ2v) is 6.59. The summed E-state index contributed by atoms with van der Waals surface area (Å²) in [7, 11) is 0. The summed E-state index contributed by atoms with van der Waals surface area (Å²) >= 11 is 0. The molecule has 156 valence electrons. The summed E-state index contributed by atoms with van der Waals surface area (Å²) in [4.78, 5) is 12.0.